The Morgan fingerprint density at radius 3 is 2.66 bits per heavy atom. The van der Waals surface area contributed by atoms with E-state index in [2.05, 4.69) is 18.1 Å². The van der Waals surface area contributed by atoms with Gasteiger partial charge in [0.1, 0.15) is 23.2 Å². The smallest absolute Gasteiger partial charge is 0.246 e. The molecule has 2 atom stereocenters. The second-order valence-corrected chi connectivity index (χ2v) is 11.2. The van der Waals surface area contributed by atoms with E-state index in [9.17, 15) is 9.18 Å². The zero-order valence-corrected chi connectivity index (χ0v) is 24.0. The lowest BCUT2D eigenvalue weighted by Crippen LogP contribution is -2.46. The van der Waals surface area contributed by atoms with Crippen LogP contribution >= 0.6 is 11.3 Å². The van der Waals surface area contributed by atoms with Gasteiger partial charge in [-0.25, -0.2) is 18.7 Å². The van der Waals surface area contributed by atoms with Crippen molar-refractivity contribution in [1.29, 1.82) is 0 Å². The number of fused-ring (bicyclic) bond motifs is 3. The summed E-state index contributed by atoms with van der Waals surface area (Å²) in [7, 11) is 1.95. The van der Waals surface area contributed by atoms with Gasteiger partial charge in [0, 0.05) is 35.0 Å². The average molecular weight is 571 g/mol. The number of amides is 1. The number of carbonyl (C=O) groups is 1. The van der Waals surface area contributed by atoms with Crippen LogP contribution < -0.4 is 0 Å². The Morgan fingerprint density at radius 1 is 1.15 bits per heavy atom. The average Bonchev–Trinajstić information content (AvgIpc) is 3.63. The summed E-state index contributed by atoms with van der Waals surface area (Å²) in [4.78, 5) is 24.1. The SMILES string of the molecule is C=CC(=O)N1[C@H](C)Cn2nc(-c3nc(-c4ccc5c(c4)nc(C)n5C)c4scc(F)c4c3C=C(F)C=C)cc2[C@@H]1C. The van der Waals surface area contributed by atoms with Gasteiger partial charge in [-0.2, -0.15) is 5.10 Å². The quantitative estimate of drug-likeness (QED) is 0.166. The monoisotopic (exact) mass is 570 g/mol. The van der Waals surface area contributed by atoms with Gasteiger partial charge in [0.15, 0.2) is 0 Å². The highest BCUT2D eigenvalue weighted by Gasteiger charge is 2.34. The molecule has 10 heteroatoms. The van der Waals surface area contributed by atoms with Gasteiger partial charge in [-0.1, -0.05) is 19.2 Å². The Bertz CT molecular complexity index is 1930. The van der Waals surface area contributed by atoms with Crippen LogP contribution in [-0.2, 0) is 18.4 Å². The van der Waals surface area contributed by atoms with Crippen LogP contribution in [0.2, 0.25) is 0 Å². The zero-order valence-electron chi connectivity index (χ0n) is 23.2. The molecular formula is C31H28F2N6OS. The van der Waals surface area contributed by atoms with Gasteiger partial charge >= 0.3 is 0 Å². The van der Waals surface area contributed by atoms with E-state index in [0.717, 1.165) is 34.2 Å². The number of hydrogen-bond donors (Lipinski definition) is 0. The second-order valence-electron chi connectivity index (χ2n) is 10.3. The Morgan fingerprint density at radius 2 is 1.93 bits per heavy atom. The molecule has 0 radical (unpaired) electrons. The van der Waals surface area contributed by atoms with Crippen LogP contribution in [0.3, 0.4) is 0 Å². The molecule has 6 rings (SSSR count). The zero-order chi connectivity index (χ0) is 29.2. The first-order valence-corrected chi connectivity index (χ1v) is 14.1. The third-order valence-corrected chi connectivity index (χ3v) is 8.76. The van der Waals surface area contributed by atoms with Crippen molar-refractivity contribution in [3.63, 3.8) is 0 Å². The number of pyridine rings is 1. The number of nitrogens with zero attached hydrogens (tertiary/aromatic N) is 6. The van der Waals surface area contributed by atoms with E-state index in [4.69, 9.17) is 10.1 Å². The molecule has 4 aromatic heterocycles. The van der Waals surface area contributed by atoms with Gasteiger partial charge in [0.25, 0.3) is 0 Å². The molecule has 0 unspecified atom stereocenters. The Hall–Kier alpha value is -4.44. The van der Waals surface area contributed by atoms with Gasteiger partial charge < -0.3 is 9.47 Å². The van der Waals surface area contributed by atoms with Crippen molar-refractivity contribution in [2.45, 2.75) is 39.4 Å². The van der Waals surface area contributed by atoms with Crippen molar-refractivity contribution in [2.24, 2.45) is 7.05 Å². The van der Waals surface area contributed by atoms with Gasteiger partial charge in [-0.15, -0.1) is 11.3 Å². The normalized spacial score (nSPS) is 17.3. The number of halogens is 2. The lowest BCUT2D eigenvalue weighted by Gasteiger charge is -2.38. The van der Waals surface area contributed by atoms with Crippen LogP contribution in [0.25, 0.3) is 49.8 Å². The molecule has 0 saturated heterocycles. The minimum Gasteiger partial charge on any atom is -0.331 e. The first-order valence-electron chi connectivity index (χ1n) is 13.2. The summed E-state index contributed by atoms with van der Waals surface area (Å²) in [6.45, 7) is 13.4. The van der Waals surface area contributed by atoms with E-state index in [1.165, 1.54) is 28.9 Å². The summed E-state index contributed by atoms with van der Waals surface area (Å²) in [6.07, 6.45) is 3.63. The number of benzene rings is 1. The highest BCUT2D eigenvalue weighted by molar-refractivity contribution is 7.17. The molecule has 7 nitrogen and oxygen atoms in total. The molecule has 0 spiro atoms. The van der Waals surface area contributed by atoms with Crippen LogP contribution in [-0.4, -0.2) is 41.2 Å². The fraction of sp³-hybridized carbons (Fsp3) is 0.226. The van der Waals surface area contributed by atoms with Crippen molar-refractivity contribution in [1.82, 2.24) is 29.2 Å². The van der Waals surface area contributed by atoms with Crippen molar-refractivity contribution in [3.05, 3.63) is 83.7 Å². The van der Waals surface area contributed by atoms with Crippen molar-refractivity contribution in [3.8, 4) is 22.6 Å². The van der Waals surface area contributed by atoms with E-state index < -0.39 is 11.6 Å². The molecule has 41 heavy (non-hydrogen) atoms. The van der Waals surface area contributed by atoms with Gasteiger partial charge in [-0.05, 0) is 57.2 Å². The summed E-state index contributed by atoms with van der Waals surface area (Å²) in [6, 6.07) is 7.28. The lowest BCUT2D eigenvalue weighted by atomic mass is 10.0. The first-order chi connectivity index (χ1) is 19.6. The minimum atomic E-state index is -0.619. The topological polar surface area (TPSA) is 68.8 Å². The molecule has 0 N–H and O–H groups in total. The largest absolute Gasteiger partial charge is 0.331 e. The molecular weight excluding hydrogens is 542 g/mol. The molecule has 208 valence electrons. The van der Waals surface area contributed by atoms with E-state index in [1.807, 2.05) is 61.3 Å². The molecule has 1 amide bonds. The molecule has 1 aliphatic heterocycles. The summed E-state index contributed by atoms with van der Waals surface area (Å²) >= 11 is 1.22. The number of allylic oxidation sites excluding steroid dienone is 2. The van der Waals surface area contributed by atoms with E-state index in [0.29, 0.717) is 28.3 Å². The molecule has 1 aliphatic rings. The Kier molecular flexibility index (Phi) is 6.45. The Labute approximate surface area is 239 Å². The summed E-state index contributed by atoms with van der Waals surface area (Å²) in [5.74, 6) is -0.388. The fourth-order valence-corrected chi connectivity index (χ4v) is 6.64. The maximum Gasteiger partial charge on any atom is 0.246 e. The number of aromatic nitrogens is 5. The molecule has 0 saturated carbocycles. The van der Waals surface area contributed by atoms with Gasteiger partial charge in [-0.3, -0.25) is 9.48 Å². The maximum absolute atomic E-state index is 15.5. The second kappa shape index (κ2) is 9.88. The molecule has 0 fully saturated rings. The molecule has 1 aromatic carbocycles. The molecule has 0 aliphatic carbocycles. The number of rotatable bonds is 5. The number of imidazole rings is 1. The highest BCUT2D eigenvalue weighted by atomic mass is 32.1. The van der Waals surface area contributed by atoms with Crippen molar-refractivity contribution in [2.75, 3.05) is 0 Å². The third-order valence-electron chi connectivity index (χ3n) is 7.80. The minimum absolute atomic E-state index is 0.123. The molecule has 0 bridgehead atoms. The summed E-state index contributed by atoms with van der Waals surface area (Å²) < 4.78 is 34.7. The first kappa shape index (κ1) is 26.8. The van der Waals surface area contributed by atoms with Crippen LogP contribution in [0.15, 0.2) is 60.8 Å². The lowest BCUT2D eigenvalue weighted by molar-refractivity contribution is -0.131. The molecule has 5 heterocycles. The molecule has 5 aromatic rings. The van der Waals surface area contributed by atoms with E-state index >= 15 is 4.39 Å². The highest BCUT2D eigenvalue weighted by Crippen LogP contribution is 2.42. The fourth-order valence-electron chi connectivity index (χ4n) is 5.70. The summed E-state index contributed by atoms with van der Waals surface area (Å²) in [5.41, 5.74) is 4.96. The van der Waals surface area contributed by atoms with E-state index in [-0.39, 0.29) is 28.9 Å². The number of hydrogen-bond acceptors (Lipinski definition) is 5. The maximum atomic E-state index is 15.5. The number of thiophene rings is 1. The summed E-state index contributed by atoms with van der Waals surface area (Å²) in [5, 5.41) is 6.51. The van der Waals surface area contributed by atoms with Gasteiger partial charge in [0.05, 0.1) is 45.4 Å². The standard InChI is InChI=1S/C31H28F2N6OS/c1-7-20(32)12-21-28-22(33)15-41-31(28)29(19-9-10-25-23(11-19)34-18(5)37(25)6)35-30(21)24-13-26-17(4)39(27(40)8-2)16(3)14-38(26)36-24/h7-13,15-17H,1-2,14H2,3-6H3/t16-,17+/m1/s1. The predicted molar refractivity (Wildman–Crippen MR) is 159 cm³/mol. The predicted octanol–water partition coefficient (Wildman–Crippen LogP) is 7.14. The van der Waals surface area contributed by atoms with E-state index in [1.54, 1.807) is 4.90 Å². The van der Waals surface area contributed by atoms with Crippen LogP contribution in [0.1, 0.15) is 37.0 Å². The van der Waals surface area contributed by atoms with Gasteiger partial charge in [0.2, 0.25) is 5.91 Å². The van der Waals surface area contributed by atoms with Crippen LogP contribution in [0, 0.1) is 12.7 Å². The number of aryl methyl sites for hydroxylation is 2. The van der Waals surface area contributed by atoms with Crippen LogP contribution in [0.4, 0.5) is 8.78 Å². The number of carbonyl (C=O) groups excluding carboxylic acids is 1. The third kappa shape index (κ3) is 4.21. The Balaban J connectivity index is 1.62. The van der Waals surface area contributed by atoms with Crippen molar-refractivity contribution < 1.29 is 13.6 Å². The van der Waals surface area contributed by atoms with Crippen LogP contribution in [0.5, 0.6) is 0 Å². The van der Waals surface area contributed by atoms with Crippen molar-refractivity contribution >= 4 is 44.4 Å².